The average Bonchev–Trinajstić information content (AvgIpc) is 2.19. The molecule has 1 heterocycles. The molecule has 4 nitrogen and oxygen atoms in total. The standard InChI is InChI=1S/C8H13N3OS/c1-9-7-5-10-6-11-8(7)13-4-2-3-12/h5-6,9,12H,2-4H2,1H3. The van der Waals surface area contributed by atoms with E-state index in [1.807, 2.05) is 7.05 Å². The quantitative estimate of drug-likeness (QED) is 0.421. The van der Waals surface area contributed by atoms with Crippen molar-refractivity contribution in [2.75, 3.05) is 24.7 Å². The van der Waals surface area contributed by atoms with Gasteiger partial charge in [0, 0.05) is 19.4 Å². The van der Waals surface area contributed by atoms with E-state index in [2.05, 4.69) is 15.3 Å². The molecule has 13 heavy (non-hydrogen) atoms. The van der Waals surface area contributed by atoms with Crippen LogP contribution in [0.25, 0.3) is 0 Å². The van der Waals surface area contributed by atoms with Crippen molar-refractivity contribution in [1.29, 1.82) is 0 Å². The van der Waals surface area contributed by atoms with Gasteiger partial charge in [0.15, 0.2) is 0 Å². The van der Waals surface area contributed by atoms with Crippen LogP contribution in [0.2, 0.25) is 0 Å². The predicted molar refractivity (Wildman–Crippen MR) is 54.0 cm³/mol. The van der Waals surface area contributed by atoms with Crippen LogP contribution in [0.1, 0.15) is 6.42 Å². The molecule has 1 rings (SSSR count). The van der Waals surface area contributed by atoms with Crippen LogP contribution in [0, 0.1) is 0 Å². The summed E-state index contributed by atoms with van der Waals surface area (Å²) in [6.07, 6.45) is 4.06. The molecule has 1 aromatic rings. The third-order valence-corrected chi connectivity index (χ3v) is 2.58. The zero-order chi connectivity index (χ0) is 9.52. The Morgan fingerprint density at radius 1 is 1.62 bits per heavy atom. The number of nitrogens with one attached hydrogen (secondary N) is 1. The van der Waals surface area contributed by atoms with Gasteiger partial charge >= 0.3 is 0 Å². The van der Waals surface area contributed by atoms with Crippen LogP contribution in [0.3, 0.4) is 0 Å². The fourth-order valence-corrected chi connectivity index (χ4v) is 1.74. The molecule has 0 aliphatic carbocycles. The summed E-state index contributed by atoms with van der Waals surface area (Å²) in [4.78, 5) is 8.04. The molecule has 0 fully saturated rings. The Hall–Kier alpha value is -0.810. The van der Waals surface area contributed by atoms with Crippen molar-refractivity contribution in [2.24, 2.45) is 0 Å². The average molecular weight is 199 g/mol. The summed E-state index contributed by atoms with van der Waals surface area (Å²) in [7, 11) is 1.84. The number of aliphatic hydroxyl groups is 1. The maximum Gasteiger partial charge on any atom is 0.123 e. The van der Waals surface area contributed by atoms with Crippen molar-refractivity contribution in [3.05, 3.63) is 12.5 Å². The van der Waals surface area contributed by atoms with Crippen LogP contribution in [-0.4, -0.2) is 34.5 Å². The summed E-state index contributed by atoms with van der Waals surface area (Å²) in [5.74, 6) is 0.877. The van der Waals surface area contributed by atoms with E-state index in [0.29, 0.717) is 0 Å². The number of hydrogen-bond acceptors (Lipinski definition) is 5. The van der Waals surface area contributed by atoms with Gasteiger partial charge in [-0.15, -0.1) is 11.8 Å². The summed E-state index contributed by atoms with van der Waals surface area (Å²) < 4.78 is 0. The lowest BCUT2D eigenvalue weighted by Gasteiger charge is -2.05. The lowest BCUT2D eigenvalue weighted by atomic mass is 10.5. The second-order valence-corrected chi connectivity index (χ2v) is 3.50. The first-order valence-corrected chi connectivity index (χ1v) is 5.08. The topological polar surface area (TPSA) is 58.0 Å². The van der Waals surface area contributed by atoms with Crippen molar-refractivity contribution in [2.45, 2.75) is 11.4 Å². The van der Waals surface area contributed by atoms with Gasteiger partial charge in [0.1, 0.15) is 11.4 Å². The smallest absolute Gasteiger partial charge is 0.123 e. The molecule has 0 saturated heterocycles. The van der Waals surface area contributed by atoms with Gasteiger partial charge < -0.3 is 10.4 Å². The highest BCUT2D eigenvalue weighted by Gasteiger charge is 2.01. The van der Waals surface area contributed by atoms with Crippen molar-refractivity contribution in [1.82, 2.24) is 9.97 Å². The number of rotatable bonds is 5. The van der Waals surface area contributed by atoms with Crippen molar-refractivity contribution < 1.29 is 5.11 Å². The summed E-state index contributed by atoms with van der Waals surface area (Å²) in [5.41, 5.74) is 0.936. The van der Waals surface area contributed by atoms with Crippen LogP contribution in [-0.2, 0) is 0 Å². The second kappa shape index (κ2) is 5.77. The lowest BCUT2D eigenvalue weighted by Crippen LogP contribution is -1.95. The number of aliphatic hydroxyl groups excluding tert-OH is 1. The molecular weight excluding hydrogens is 186 g/mol. The lowest BCUT2D eigenvalue weighted by molar-refractivity contribution is 0.296. The SMILES string of the molecule is CNc1cncnc1SCCCO. The van der Waals surface area contributed by atoms with E-state index in [1.165, 1.54) is 6.33 Å². The van der Waals surface area contributed by atoms with E-state index in [4.69, 9.17) is 5.11 Å². The van der Waals surface area contributed by atoms with Gasteiger partial charge in [0.25, 0.3) is 0 Å². The van der Waals surface area contributed by atoms with E-state index in [9.17, 15) is 0 Å². The van der Waals surface area contributed by atoms with Crippen molar-refractivity contribution in [3.63, 3.8) is 0 Å². The number of anilines is 1. The molecule has 0 amide bonds. The maximum atomic E-state index is 8.61. The van der Waals surface area contributed by atoms with Crippen LogP contribution in [0.5, 0.6) is 0 Å². The first kappa shape index (κ1) is 10.3. The van der Waals surface area contributed by atoms with Crippen LogP contribution in [0.15, 0.2) is 17.6 Å². The van der Waals surface area contributed by atoms with E-state index in [1.54, 1.807) is 18.0 Å². The van der Waals surface area contributed by atoms with Gasteiger partial charge in [-0.25, -0.2) is 9.97 Å². The molecule has 0 atom stereocenters. The molecule has 0 aliphatic heterocycles. The van der Waals surface area contributed by atoms with Crippen LogP contribution >= 0.6 is 11.8 Å². The number of aromatic nitrogens is 2. The van der Waals surface area contributed by atoms with Gasteiger partial charge in [0.2, 0.25) is 0 Å². The Balaban J connectivity index is 2.54. The monoisotopic (exact) mass is 199 g/mol. The van der Waals surface area contributed by atoms with Gasteiger partial charge in [-0.1, -0.05) is 0 Å². The summed E-state index contributed by atoms with van der Waals surface area (Å²) in [5, 5.41) is 12.6. The predicted octanol–water partition coefficient (Wildman–Crippen LogP) is 0.993. The number of nitrogens with zero attached hydrogens (tertiary/aromatic N) is 2. The van der Waals surface area contributed by atoms with Crippen LogP contribution in [0.4, 0.5) is 5.69 Å². The number of thioether (sulfide) groups is 1. The van der Waals surface area contributed by atoms with Crippen molar-refractivity contribution >= 4 is 17.4 Å². The minimum Gasteiger partial charge on any atom is -0.396 e. The Bertz CT molecular complexity index is 257. The molecule has 0 unspecified atom stereocenters. The normalized spacial score (nSPS) is 10.0. The Kier molecular flexibility index (Phi) is 4.56. The molecule has 0 radical (unpaired) electrons. The van der Waals surface area contributed by atoms with E-state index < -0.39 is 0 Å². The molecule has 5 heteroatoms. The molecule has 2 N–H and O–H groups in total. The summed E-state index contributed by atoms with van der Waals surface area (Å²) in [6, 6.07) is 0. The van der Waals surface area contributed by atoms with E-state index in [0.717, 1.165) is 22.9 Å². The zero-order valence-electron chi connectivity index (χ0n) is 7.53. The minimum absolute atomic E-state index is 0.229. The van der Waals surface area contributed by atoms with Crippen molar-refractivity contribution in [3.8, 4) is 0 Å². The summed E-state index contributed by atoms with van der Waals surface area (Å²) in [6.45, 7) is 0.229. The largest absolute Gasteiger partial charge is 0.396 e. The Labute approximate surface area is 81.8 Å². The first-order chi connectivity index (χ1) is 6.38. The molecule has 0 aliphatic rings. The fourth-order valence-electron chi connectivity index (χ4n) is 0.838. The molecule has 72 valence electrons. The first-order valence-electron chi connectivity index (χ1n) is 4.10. The van der Waals surface area contributed by atoms with Gasteiger partial charge in [-0.3, -0.25) is 0 Å². The highest BCUT2D eigenvalue weighted by molar-refractivity contribution is 7.99. The van der Waals surface area contributed by atoms with E-state index in [-0.39, 0.29) is 6.61 Å². The highest BCUT2D eigenvalue weighted by Crippen LogP contribution is 2.23. The highest BCUT2D eigenvalue weighted by atomic mass is 32.2. The van der Waals surface area contributed by atoms with Crippen LogP contribution < -0.4 is 5.32 Å². The van der Waals surface area contributed by atoms with Gasteiger partial charge in [0.05, 0.1) is 11.9 Å². The third kappa shape index (κ3) is 3.20. The molecule has 0 aromatic carbocycles. The molecule has 1 aromatic heterocycles. The van der Waals surface area contributed by atoms with Gasteiger partial charge in [-0.05, 0) is 6.42 Å². The van der Waals surface area contributed by atoms with E-state index >= 15 is 0 Å². The Morgan fingerprint density at radius 3 is 3.15 bits per heavy atom. The molecular formula is C8H13N3OS. The Morgan fingerprint density at radius 2 is 2.46 bits per heavy atom. The second-order valence-electron chi connectivity index (χ2n) is 2.42. The molecule has 0 bridgehead atoms. The molecule has 0 saturated carbocycles. The summed E-state index contributed by atoms with van der Waals surface area (Å²) >= 11 is 1.62. The van der Waals surface area contributed by atoms with Gasteiger partial charge in [-0.2, -0.15) is 0 Å². The minimum atomic E-state index is 0.229. The third-order valence-electron chi connectivity index (χ3n) is 1.49. The fraction of sp³-hybridized carbons (Fsp3) is 0.500. The number of hydrogen-bond donors (Lipinski definition) is 2. The maximum absolute atomic E-state index is 8.61. The molecule has 0 spiro atoms. The zero-order valence-corrected chi connectivity index (χ0v) is 8.34.